The van der Waals surface area contributed by atoms with Gasteiger partial charge in [0.15, 0.2) is 0 Å². The summed E-state index contributed by atoms with van der Waals surface area (Å²) < 4.78 is 32.7. The molecule has 0 spiro atoms. The van der Waals surface area contributed by atoms with Crippen LogP contribution in [0.25, 0.3) is 10.8 Å². The number of fused-ring (bicyclic) bond motifs is 1. The number of hydrogen-bond donors (Lipinski definition) is 1. The predicted octanol–water partition coefficient (Wildman–Crippen LogP) is 3.42. The Kier molecular flexibility index (Phi) is 6.36. The Balaban J connectivity index is 1.24. The van der Waals surface area contributed by atoms with Crippen molar-refractivity contribution in [3.63, 3.8) is 0 Å². The summed E-state index contributed by atoms with van der Waals surface area (Å²) >= 11 is 1.17. The highest BCUT2D eigenvalue weighted by Gasteiger charge is 2.28. The first-order chi connectivity index (χ1) is 14.5. The monoisotopic (exact) mass is 444 g/mol. The van der Waals surface area contributed by atoms with Crippen molar-refractivity contribution in [1.82, 2.24) is 9.62 Å². The molecule has 0 unspecified atom stereocenters. The fourth-order valence-electron chi connectivity index (χ4n) is 3.48. The number of carbonyl (C=O) groups is 1. The molecule has 0 radical (unpaired) electrons. The fourth-order valence-corrected chi connectivity index (χ4v) is 6.51. The number of ether oxygens (including phenoxy) is 1. The van der Waals surface area contributed by atoms with Crippen molar-refractivity contribution < 1.29 is 17.9 Å². The van der Waals surface area contributed by atoms with E-state index in [4.69, 9.17) is 4.74 Å². The van der Waals surface area contributed by atoms with E-state index in [1.165, 1.54) is 15.6 Å². The van der Waals surface area contributed by atoms with Gasteiger partial charge in [-0.3, -0.25) is 4.79 Å². The first kappa shape index (κ1) is 20.8. The lowest BCUT2D eigenvalue weighted by Crippen LogP contribution is -2.29. The molecule has 1 aromatic heterocycles. The van der Waals surface area contributed by atoms with Gasteiger partial charge in [0, 0.05) is 18.0 Å². The van der Waals surface area contributed by atoms with Crippen LogP contribution >= 0.6 is 11.3 Å². The zero-order valence-electron chi connectivity index (χ0n) is 16.5. The minimum atomic E-state index is -3.42. The van der Waals surface area contributed by atoms with E-state index in [0.29, 0.717) is 30.5 Å². The van der Waals surface area contributed by atoms with Gasteiger partial charge in [-0.25, -0.2) is 8.42 Å². The van der Waals surface area contributed by atoms with Gasteiger partial charge in [0.2, 0.25) is 5.91 Å². The number of benzene rings is 2. The van der Waals surface area contributed by atoms with Crippen LogP contribution in [0.4, 0.5) is 0 Å². The topological polar surface area (TPSA) is 75.7 Å². The van der Waals surface area contributed by atoms with Crippen molar-refractivity contribution in [2.45, 2.75) is 23.5 Å². The molecule has 1 aliphatic rings. The summed E-state index contributed by atoms with van der Waals surface area (Å²) in [4.78, 5) is 12.9. The summed E-state index contributed by atoms with van der Waals surface area (Å²) in [7, 11) is -3.42. The molecule has 1 fully saturated rings. The van der Waals surface area contributed by atoms with Crippen molar-refractivity contribution in [3.05, 3.63) is 59.5 Å². The van der Waals surface area contributed by atoms with E-state index in [1.54, 1.807) is 12.1 Å². The Morgan fingerprint density at radius 3 is 2.60 bits per heavy atom. The van der Waals surface area contributed by atoms with Crippen LogP contribution in [0, 0.1) is 0 Å². The maximum atomic E-state index is 12.6. The fraction of sp³-hybridized carbons (Fsp3) is 0.318. The number of nitrogens with one attached hydrogen (secondary N) is 1. The zero-order chi connectivity index (χ0) is 21.0. The van der Waals surface area contributed by atoms with Gasteiger partial charge in [-0.05, 0) is 47.9 Å². The molecule has 0 saturated carbocycles. The molecule has 0 atom stereocenters. The van der Waals surface area contributed by atoms with Gasteiger partial charge in [0.1, 0.15) is 16.6 Å². The van der Waals surface area contributed by atoms with E-state index in [0.717, 1.165) is 34.2 Å². The molecule has 0 aliphatic carbocycles. The highest BCUT2D eigenvalue weighted by atomic mass is 32.2. The van der Waals surface area contributed by atoms with Crippen LogP contribution in [0.1, 0.15) is 17.7 Å². The Morgan fingerprint density at radius 2 is 1.80 bits per heavy atom. The summed E-state index contributed by atoms with van der Waals surface area (Å²) in [5, 5.41) is 5.09. The van der Waals surface area contributed by atoms with E-state index in [9.17, 15) is 13.2 Å². The average Bonchev–Trinajstić information content (AvgIpc) is 3.44. The SMILES string of the molecule is O=C(Cc1ccc(S(=O)(=O)N2CCCC2)s1)NCCOc1ccc2ccccc2c1. The smallest absolute Gasteiger partial charge is 0.252 e. The highest BCUT2D eigenvalue weighted by Crippen LogP contribution is 2.27. The average molecular weight is 445 g/mol. The molecule has 2 aromatic carbocycles. The molecule has 1 amide bonds. The first-order valence-corrected chi connectivity index (χ1v) is 12.3. The number of amides is 1. The molecule has 3 aromatic rings. The molecule has 158 valence electrons. The van der Waals surface area contributed by atoms with Crippen LogP contribution < -0.4 is 10.1 Å². The Hall–Kier alpha value is -2.42. The molecule has 2 heterocycles. The molecule has 0 bridgehead atoms. The molecule has 1 N–H and O–H groups in total. The lowest BCUT2D eigenvalue weighted by atomic mass is 10.1. The molecule has 6 nitrogen and oxygen atoms in total. The molecular weight excluding hydrogens is 420 g/mol. The van der Waals surface area contributed by atoms with Crippen molar-refractivity contribution >= 4 is 38.0 Å². The molecule has 30 heavy (non-hydrogen) atoms. The van der Waals surface area contributed by atoms with E-state index in [2.05, 4.69) is 5.32 Å². The molecule has 1 saturated heterocycles. The Morgan fingerprint density at radius 1 is 1.03 bits per heavy atom. The third-order valence-electron chi connectivity index (χ3n) is 5.04. The second-order valence-electron chi connectivity index (χ2n) is 7.22. The second kappa shape index (κ2) is 9.16. The molecule has 1 aliphatic heterocycles. The summed E-state index contributed by atoms with van der Waals surface area (Å²) in [5.74, 6) is 0.613. The van der Waals surface area contributed by atoms with E-state index in [-0.39, 0.29) is 12.3 Å². The van der Waals surface area contributed by atoms with Crippen LogP contribution in [0.5, 0.6) is 5.75 Å². The first-order valence-electron chi connectivity index (χ1n) is 9.99. The van der Waals surface area contributed by atoms with E-state index < -0.39 is 10.0 Å². The maximum Gasteiger partial charge on any atom is 0.252 e. The largest absolute Gasteiger partial charge is 0.492 e. The van der Waals surface area contributed by atoms with Gasteiger partial charge < -0.3 is 10.1 Å². The normalized spacial score (nSPS) is 14.8. The van der Waals surface area contributed by atoms with Gasteiger partial charge in [0.25, 0.3) is 10.0 Å². The van der Waals surface area contributed by atoms with Crippen molar-refractivity contribution in [3.8, 4) is 5.75 Å². The molecule has 4 rings (SSSR count). The van der Waals surface area contributed by atoms with E-state index >= 15 is 0 Å². The van der Waals surface area contributed by atoms with Crippen molar-refractivity contribution in [1.29, 1.82) is 0 Å². The van der Waals surface area contributed by atoms with Crippen LogP contribution in [0.15, 0.2) is 58.8 Å². The summed E-state index contributed by atoms with van der Waals surface area (Å²) in [6, 6.07) is 17.3. The second-order valence-corrected chi connectivity index (χ2v) is 10.5. The van der Waals surface area contributed by atoms with Crippen LogP contribution in [0.2, 0.25) is 0 Å². The predicted molar refractivity (Wildman–Crippen MR) is 118 cm³/mol. The van der Waals surface area contributed by atoms with E-state index in [1.807, 2.05) is 42.5 Å². The number of carbonyl (C=O) groups excluding carboxylic acids is 1. The van der Waals surface area contributed by atoms with Crippen molar-refractivity contribution in [2.24, 2.45) is 0 Å². The summed E-state index contributed by atoms with van der Waals surface area (Å²) in [5.41, 5.74) is 0. The Bertz CT molecular complexity index is 1130. The number of hydrogen-bond acceptors (Lipinski definition) is 5. The standard InChI is InChI=1S/C22H24N2O4S2/c25-21(16-20-9-10-22(29-20)30(26,27)24-12-3-4-13-24)23-11-14-28-19-8-7-17-5-1-2-6-18(17)15-19/h1-2,5-10,15H,3-4,11-14,16H2,(H,23,25). The summed E-state index contributed by atoms with van der Waals surface area (Å²) in [6.07, 6.45) is 1.97. The minimum Gasteiger partial charge on any atom is -0.492 e. The van der Waals surface area contributed by atoms with Gasteiger partial charge in [-0.1, -0.05) is 30.3 Å². The van der Waals surface area contributed by atoms with Crippen LogP contribution in [-0.4, -0.2) is 44.9 Å². The lowest BCUT2D eigenvalue weighted by Gasteiger charge is -2.13. The third-order valence-corrected chi connectivity index (χ3v) is 8.50. The molecular formula is C22H24N2O4S2. The van der Waals surface area contributed by atoms with Gasteiger partial charge in [-0.15, -0.1) is 11.3 Å². The highest BCUT2D eigenvalue weighted by molar-refractivity contribution is 7.91. The zero-order valence-corrected chi connectivity index (χ0v) is 18.2. The van der Waals surface area contributed by atoms with Gasteiger partial charge >= 0.3 is 0 Å². The minimum absolute atomic E-state index is 0.149. The van der Waals surface area contributed by atoms with Crippen LogP contribution in [-0.2, 0) is 21.2 Å². The van der Waals surface area contributed by atoms with Crippen molar-refractivity contribution in [2.75, 3.05) is 26.2 Å². The van der Waals surface area contributed by atoms with Crippen LogP contribution in [0.3, 0.4) is 0 Å². The Labute approximate surface area is 180 Å². The quantitative estimate of drug-likeness (QED) is 0.540. The number of rotatable bonds is 8. The maximum absolute atomic E-state index is 12.6. The van der Waals surface area contributed by atoms with Gasteiger partial charge in [-0.2, -0.15) is 4.31 Å². The van der Waals surface area contributed by atoms with Gasteiger partial charge in [0.05, 0.1) is 13.0 Å². The molecule has 8 heteroatoms. The number of sulfonamides is 1. The number of nitrogens with zero attached hydrogens (tertiary/aromatic N) is 1. The third kappa shape index (κ3) is 4.83. The lowest BCUT2D eigenvalue weighted by molar-refractivity contribution is -0.120. The summed E-state index contributed by atoms with van der Waals surface area (Å²) in [6.45, 7) is 1.90. The number of thiophene rings is 1.